The maximum Gasteiger partial charge on any atom is 0.0751 e. The fourth-order valence-electron chi connectivity index (χ4n) is 3.52. The predicted molar refractivity (Wildman–Crippen MR) is 73.5 cm³/mol. The quantitative estimate of drug-likeness (QED) is 0.821. The zero-order valence-corrected chi connectivity index (χ0v) is 12.2. The lowest BCUT2D eigenvalue weighted by Crippen LogP contribution is -2.53. The van der Waals surface area contributed by atoms with E-state index >= 15 is 0 Å². The van der Waals surface area contributed by atoms with E-state index in [4.69, 9.17) is 15.2 Å². The summed E-state index contributed by atoms with van der Waals surface area (Å²) in [6.45, 7) is 8.11. The molecule has 1 saturated heterocycles. The van der Waals surface area contributed by atoms with Crippen molar-refractivity contribution in [2.24, 2.45) is 17.6 Å². The first-order chi connectivity index (χ1) is 8.58. The number of rotatable bonds is 5. The van der Waals surface area contributed by atoms with Gasteiger partial charge in [-0.1, -0.05) is 13.8 Å². The van der Waals surface area contributed by atoms with Crippen LogP contribution in [0.4, 0.5) is 0 Å². The maximum atomic E-state index is 6.50. The summed E-state index contributed by atoms with van der Waals surface area (Å²) in [7, 11) is 0. The third kappa shape index (κ3) is 2.89. The Hall–Kier alpha value is -0.120. The average Bonchev–Trinajstić information content (AvgIpc) is 2.33. The van der Waals surface area contributed by atoms with Crippen LogP contribution in [0.3, 0.4) is 0 Å². The van der Waals surface area contributed by atoms with Crippen molar-refractivity contribution in [3.63, 3.8) is 0 Å². The zero-order valence-electron chi connectivity index (χ0n) is 12.2. The van der Waals surface area contributed by atoms with Gasteiger partial charge in [0.25, 0.3) is 0 Å². The molecule has 1 saturated carbocycles. The highest BCUT2D eigenvalue weighted by molar-refractivity contribution is 4.97. The molecule has 0 aromatic carbocycles. The van der Waals surface area contributed by atoms with E-state index in [0.717, 1.165) is 26.1 Å². The molecule has 3 nitrogen and oxygen atoms in total. The highest BCUT2D eigenvalue weighted by Crippen LogP contribution is 2.45. The van der Waals surface area contributed by atoms with Gasteiger partial charge in [-0.25, -0.2) is 0 Å². The van der Waals surface area contributed by atoms with Gasteiger partial charge < -0.3 is 15.2 Å². The van der Waals surface area contributed by atoms with Crippen LogP contribution in [0.15, 0.2) is 0 Å². The molecule has 3 heteroatoms. The van der Waals surface area contributed by atoms with Gasteiger partial charge in [0.05, 0.1) is 11.7 Å². The largest absolute Gasteiger partial charge is 0.377 e. The summed E-state index contributed by atoms with van der Waals surface area (Å²) in [6.07, 6.45) is 6.22. The summed E-state index contributed by atoms with van der Waals surface area (Å²) in [6, 6.07) is 0.159. The van der Waals surface area contributed by atoms with Crippen molar-refractivity contribution in [2.45, 2.75) is 70.6 Å². The van der Waals surface area contributed by atoms with E-state index in [-0.39, 0.29) is 17.7 Å². The number of nitrogens with two attached hydrogens (primary N) is 1. The molecule has 2 rings (SSSR count). The molecule has 3 atom stereocenters. The Bertz CT molecular complexity index is 263. The molecular weight excluding hydrogens is 226 g/mol. The number of ether oxygens (including phenoxy) is 2. The minimum atomic E-state index is 0.159. The molecule has 1 spiro atoms. The summed E-state index contributed by atoms with van der Waals surface area (Å²) in [5, 5.41) is 0. The number of hydrogen-bond acceptors (Lipinski definition) is 3. The molecular formula is C15H29NO2. The van der Waals surface area contributed by atoms with Crippen LogP contribution in [0.1, 0.15) is 52.9 Å². The molecule has 1 aliphatic heterocycles. The van der Waals surface area contributed by atoms with E-state index in [2.05, 4.69) is 20.8 Å². The van der Waals surface area contributed by atoms with Gasteiger partial charge in [-0.15, -0.1) is 0 Å². The minimum Gasteiger partial charge on any atom is -0.377 e. The standard InChI is InChI=1S/C15H29NO2/c1-4-17-14(11(2)3)13(16)12-6-9-18-15(10-12)7-5-8-15/h11-14H,4-10,16H2,1-3H3. The summed E-state index contributed by atoms with van der Waals surface area (Å²) >= 11 is 0. The molecule has 0 aromatic rings. The monoisotopic (exact) mass is 255 g/mol. The Balaban J connectivity index is 1.96. The minimum absolute atomic E-state index is 0.159. The first-order valence-electron chi connectivity index (χ1n) is 7.59. The van der Waals surface area contributed by atoms with Crippen molar-refractivity contribution in [3.8, 4) is 0 Å². The SMILES string of the molecule is CCOC(C(C)C)C(N)C1CCOC2(CCC2)C1. The van der Waals surface area contributed by atoms with Crippen LogP contribution in [-0.2, 0) is 9.47 Å². The fraction of sp³-hybridized carbons (Fsp3) is 1.00. The van der Waals surface area contributed by atoms with Gasteiger partial charge in [0, 0.05) is 19.3 Å². The van der Waals surface area contributed by atoms with Crippen LogP contribution >= 0.6 is 0 Å². The van der Waals surface area contributed by atoms with Gasteiger partial charge in [-0.2, -0.15) is 0 Å². The van der Waals surface area contributed by atoms with Gasteiger partial charge in [-0.05, 0) is 50.9 Å². The normalized spacial score (nSPS) is 30.2. The van der Waals surface area contributed by atoms with E-state index in [1.54, 1.807) is 0 Å². The van der Waals surface area contributed by atoms with Crippen LogP contribution in [0, 0.1) is 11.8 Å². The molecule has 0 aromatic heterocycles. The lowest BCUT2D eigenvalue weighted by Gasteiger charge is -2.49. The van der Waals surface area contributed by atoms with Gasteiger partial charge in [-0.3, -0.25) is 0 Å². The topological polar surface area (TPSA) is 44.5 Å². The third-order valence-corrected chi connectivity index (χ3v) is 4.74. The Morgan fingerprint density at radius 1 is 1.39 bits per heavy atom. The zero-order chi connectivity index (χ0) is 13.2. The molecule has 0 bridgehead atoms. The van der Waals surface area contributed by atoms with Gasteiger partial charge >= 0.3 is 0 Å². The van der Waals surface area contributed by atoms with E-state index < -0.39 is 0 Å². The predicted octanol–water partition coefficient (Wildman–Crippen LogP) is 2.72. The maximum absolute atomic E-state index is 6.50. The Morgan fingerprint density at radius 3 is 2.61 bits per heavy atom. The molecule has 18 heavy (non-hydrogen) atoms. The molecule has 2 aliphatic rings. The van der Waals surface area contributed by atoms with Crippen LogP contribution in [-0.4, -0.2) is 31.0 Å². The number of hydrogen-bond donors (Lipinski definition) is 1. The Kier molecular flexibility index (Phi) is 4.68. The lowest BCUT2D eigenvalue weighted by molar-refractivity contribution is -0.152. The highest BCUT2D eigenvalue weighted by Gasteiger charge is 2.45. The van der Waals surface area contributed by atoms with Gasteiger partial charge in [0.2, 0.25) is 0 Å². The van der Waals surface area contributed by atoms with Crippen molar-refractivity contribution in [1.29, 1.82) is 0 Å². The average molecular weight is 255 g/mol. The van der Waals surface area contributed by atoms with Gasteiger partial charge in [0.1, 0.15) is 0 Å². The second-order valence-corrected chi connectivity index (χ2v) is 6.38. The van der Waals surface area contributed by atoms with Crippen LogP contribution in [0.25, 0.3) is 0 Å². The summed E-state index contributed by atoms with van der Waals surface area (Å²) < 4.78 is 11.9. The van der Waals surface area contributed by atoms with Crippen LogP contribution in [0.2, 0.25) is 0 Å². The summed E-state index contributed by atoms with van der Waals surface area (Å²) in [4.78, 5) is 0. The highest BCUT2D eigenvalue weighted by atomic mass is 16.5. The van der Waals surface area contributed by atoms with E-state index in [0.29, 0.717) is 11.8 Å². The van der Waals surface area contributed by atoms with Crippen molar-refractivity contribution >= 4 is 0 Å². The molecule has 3 unspecified atom stereocenters. The lowest BCUT2D eigenvalue weighted by atomic mass is 9.69. The molecule has 2 fully saturated rings. The van der Waals surface area contributed by atoms with E-state index in [1.165, 1.54) is 19.3 Å². The second-order valence-electron chi connectivity index (χ2n) is 6.38. The smallest absolute Gasteiger partial charge is 0.0751 e. The third-order valence-electron chi connectivity index (χ3n) is 4.74. The molecule has 0 radical (unpaired) electrons. The first kappa shape index (κ1) is 14.3. The van der Waals surface area contributed by atoms with Gasteiger partial charge in [0.15, 0.2) is 0 Å². The fourth-order valence-corrected chi connectivity index (χ4v) is 3.52. The Labute approximate surface area is 111 Å². The summed E-state index contributed by atoms with van der Waals surface area (Å²) in [5.41, 5.74) is 6.69. The van der Waals surface area contributed by atoms with E-state index in [9.17, 15) is 0 Å². The molecule has 1 heterocycles. The molecule has 2 N–H and O–H groups in total. The van der Waals surface area contributed by atoms with Crippen LogP contribution in [0.5, 0.6) is 0 Å². The van der Waals surface area contributed by atoms with Crippen molar-refractivity contribution in [1.82, 2.24) is 0 Å². The van der Waals surface area contributed by atoms with Crippen LogP contribution < -0.4 is 5.73 Å². The molecule has 0 amide bonds. The second kappa shape index (κ2) is 5.89. The summed E-state index contributed by atoms with van der Waals surface area (Å²) in [5.74, 6) is 1.05. The Morgan fingerprint density at radius 2 is 2.11 bits per heavy atom. The van der Waals surface area contributed by atoms with Crippen molar-refractivity contribution < 1.29 is 9.47 Å². The van der Waals surface area contributed by atoms with Crippen molar-refractivity contribution in [2.75, 3.05) is 13.2 Å². The first-order valence-corrected chi connectivity index (χ1v) is 7.59. The molecule has 1 aliphatic carbocycles. The van der Waals surface area contributed by atoms with Crippen molar-refractivity contribution in [3.05, 3.63) is 0 Å². The van der Waals surface area contributed by atoms with E-state index in [1.807, 2.05) is 0 Å². The molecule has 106 valence electrons.